The number of rotatable bonds is 3. The van der Waals surface area contributed by atoms with Gasteiger partial charge in [0.2, 0.25) is 0 Å². The van der Waals surface area contributed by atoms with Gasteiger partial charge in [0.25, 0.3) is 0 Å². The first kappa shape index (κ1) is 12.3. The Morgan fingerprint density at radius 1 is 1.00 bits per heavy atom. The molecular weight excluding hydrogens is 255 g/mol. The molecule has 0 aliphatic carbocycles. The van der Waals surface area contributed by atoms with Gasteiger partial charge in [-0.3, -0.25) is 0 Å². The van der Waals surface area contributed by atoms with Crippen molar-refractivity contribution in [1.29, 1.82) is 0 Å². The number of hydrogen-bond acceptors (Lipinski definition) is 3. The van der Waals surface area contributed by atoms with E-state index in [1.54, 1.807) is 23.1 Å². The van der Waals surface area contributed by atoms with E-state index >= 15 is 0 Å². The Hall–Kier alpha value is -2.69. The number of benzene rings is 2. The van der Waals surface area contributed by atoms with E-state index in [1.165, 1.54) is 12.1 Å². The lowest BCUT2D eigenvalue weighted by Gasteiger charge is -2.01. The van der Waals surface area contributed by atoms with Crippen molar-refractivity contribution in [2.24, 2.45) is 0 Å². The maximum Gasteiger partial charge on any atom is 0.181 e. The monoisotopic (exact) mass is 268 g/mol. The molecule has 0 saturated heterocycles. The Kier molecular flexibility index (Phi) is 3.16. The van der Waals surface area contributed by atoms with Crippen LogP contribution in [-0.2, 0) is 6.54 Å². The van der Waals surface area contributed by atoms with Crippen LogP contribution >= 0.6 is 0 Å². The minimum absolute atomic E-state index is 0.241. The highest BCUT2D eigenvalue weighted by atomic mass is 19.1. The summed E-state index contributed by atoms with van der Waals surface area (Å²) in [6.45, 7) is 0.558. The number of hydrogen-bond donors (Lipinski definition) is 1. The van der Waals surface area contributed by atoms with Gasteiger partial charge in [-0.1, -0.05) is 12.1 Å². The number of aromatic nitrogens is 3. The lowest BCUT2D eigenvalue weighted by atomic mass is 10.2. The second-order valence-electron chi connectivity index (χ2n) is 4.51. The van der Waals surface area contributed by atoms with Gasteiger partial charge in [-0.05, 0) is 42.0 Å². The summed E-state index contributed by atoms with van der Waals surface area (Å²) in [5.74, 6) is 0.405. The maximum atomic E-state index is 12.8. The summed E-state index contributed by atoms with van der Waals surface area (Å²) in [4.78, 5) is 4.27. The quantitative estimate of drug-likeness (QED) is 0.743. The molecule has 2 aromatic carbocycles. The summed E-state index contributed by atoms with van der Waals surface area (Å²) >= 11 is 0. The fourth-order valence-electron chi connectivity index (χ4n) is 1.91. The zero-order valence-electron chi connectivity index (χ0n) is 10.7. The maximum absolute atomic E-state index is 12.8. The van der Waals surface area contributed by atoms with Gasteiger partial charge in [-0.25, -0.2) is 14.1 Å². The molecule has 0 aliphatic rings. The minimum Gasteiger partial charge on any atom is -0.399 e. The predicted octanol–water partition coefficient (Wildman–Crippen LogP) is 2.71. The van der Waals surface area contributed by atoms with E-state index in [2.05, 4.69) is 10.1 Å². The number of halogens is 1. The molecule has 0 radical (unpaired) electrons. The van der Waals surface area contributed by atoms with E-state index in [9.17, 15) is 4.39 Å². The summed E-state index contributed by atoms with van der Waals surface area (Å²) in [6.07, 6.45) is 1.66. The van der Waals surface area contributed by atoms with Crippen LogP contribution in [0.15, 0.2) is 54.9 Å². The molecule has 0 aliphatic heterocycles. The van der Waals surface area contributed by atoms with Crippen molar-refractivity contribution in [3.63, 3.8) is 0 Å². The molecule has 0 fully saturated rings. The van der Waals surface area contributed by atoms with Crippen molar-refractivity contribution in [2.75, 3.05) is 5.73 Å². The van der Waals surface area contributed by atoms with Gasteiger partial charge >= 0.3 is 0 Å². The van der Waals surface area contributed by atoms with Crippen LogP contribution in [0.1, 0.15) is 5.56 Å². The number of nitrogen functional groups attached to an aromatic ring is 1. The van der Waals surface area contributed by atoms with Crippen molar-refractivity contribution >= 4 is 5.69 Å². The molecule has 4 nitrogen and oxygen atoms in total. The largest absolute Gasteiger partial charge is 0.399 e. The zero-order chi connectivity index (χ0) is 13.9. The SMILES string of the molecule is Nc1ccc(-c2ncn(Cc3ccc(F)cc3)n2)cc1. The van der Waals surface area contributed by atoms with Crippen LogP contribution in [0, 0.1) is 5.82 Å². The van der Waals surface area contributed by atoms with E-state index in [0.29, 0.717) is 18.1 Å². The summed E-state index contributed by atoms with van der Waals surface area (Å²) < 4.78 is 14.6. The third kappa shape index (κ3) is 2.66. The average molecular weight is 268 g/mol. The van der Waals surface area contributed by atoms with Crippen LogP contribution in [-0.4, -0.2) is 14.8 Å². The highest BCUT2D eigenvalue weighted by molar-refractivity contribution is 5.57. The molecule has 0 saturated carbocycles. The standard InChI is InChI=1S/C15H13FN4/c16-13-5-1-11(2-6-13)9-20-10-18-15(19-20)12-3-7-14(17)8-4-12/h1-8,10H,9,17H2. The fourth-order valence-corrected chi connectivity index (χ4v) is 1.91. The van der Waals surface area contributed by atoms with Crippen LogP contribution in [0.25, 0.3) is 11.4 Å². The molecule has 0 unspecified atom stereocenters. The van der Waals surface area contributed by atoms with E-state index in [-0.39, 0.29) is 5.82 Å². The molecule has 1 heterocycles. The molecule has 20 heavy (non-hydrogen) atoms. The van der Waals surface area contributed by atoms with Gasteiger partial charge in [0, 0.05) is 11.3 Å². The third-order valence-electron chi connectivity index (χ3n) is 2.96. The van der Waals surface area contributed by atoms with Crippen molar-refractivity contribution < 1.29 is 4.39 Å². The smallest absolute Gasteiger partial charge is 0.181 e. The van der Waals surface area contributed by atoms with Gasteiger partial charge in [-0.15, -0.1) is 0 Å². The van der Waals surface area contributed by atoms with E-state index < -0.39 is 0 Å². The Balaban J connectivity index is 1.80. The molecule has 100 valence electrons. The second kappa shape index (κ2) is 5.13. The Morgan fingerprint density at radius 3 is 2.40 bits per heavy atom. The third-order valence-corrected chi connectivity index (χ3v) is 2.96. The van der Waals surface area contributed by atoms with Gasteiger partial charge in [-0.2, -0.15) is 5.10 Å². The second-order valence-corrected chi connectivity index (χ2v) is 4.51. The highest BCUT2D eigenvalue weighted by Gasteiger charge is 2.04. The lowest BCUT2D eigenvalue weighted by molar-refractivity contribution is 0.624. The Labute approximate surface area is 115 Å². The first-order chi connectivity index (χ1) is 9.70. The van der Waals surface area contributed by atoms with Crippen LogP contribution in [0.2, 0.25) is 0 Å². The van der Waals surface area contributed by atoms with Crippen molar-refractivity contribution in [3.05, 3.63) is 66.2 Å². The first-order valence-corrected chi connectivity index (χ1v) is 6.20. The Bertz CT molecular complexity index is 701. The predicted molar refractivity (Wildman–Crippen MR) is 75.4 cm³/mol. The van der Waals surface area contributed by atoms with Crippen LogP contribution < -0.4 is 5.73 Å². The van der Waals surface area contributed by atoms with Crippen LogP contribution in [0.3, 0.4) is 0 Å². The van der Waals surface area contributed by atoms with Gasteiger partial charge in [0.1, 0.15) is 12.1 Å². The average Bonchev–Trinajstić information content (AvgIpc) is 2.91. The molecule has 1 aromatic heterocycles. The van der Waals surface area contributed by atoms with Crippen LogP contribution in [0.5, 0.6) is 0 Å². The molecule has 2 N–H and O–H groups in total. The highest BCUT2D eigenvalue weighted by Crippen LogP contribution is 2.16. The molecule has 0 spiro atoms. The summed E-state index contributed by atoms with van der Waals surface area (Å²) in [5.41, 5.74) is 8.24. The number of anilines is 1. The molecule has 0 amide bonds. The zero-order valence-corrected chi connectivity index (χ0v) is 10.7. The van der Waals surface area contributed by atoms with Crippen molar-refractivity contribution in [3.8, 4) is 11.4 Å². The minimum atomic E-state index is -0.241. The summed E-state index contributed by atoms with van der Waals surface area (Å²) in [6, 6.07) is 13.7. The van der Waals surface area contributed by atoms with Crippen molar-refractivity contribution in [1.82, 2.24) is 14.8 Å². The van der Waals surface area contributed by atoms with E-state index in [0.717, 1.165) is 11.1 Å². The summed E-state index contributed by atoms with van der Waals surface area (Å²) in [5, 5.41) is 4.40. The molecule has 3 aromatic rings. The van der Waals surface area contributed by atoms with E-state index in [1.807, 2.05) is 24.3 Å². The lowest BCUT2D eigenvalue weighted by Crippen LogP contribution is -2.00. The normalized spacial score (nSPS) is 10.7. The summed E-state index contributed by atoms with van der Waals surface area (Å²) in [7, 11) is 0. The topological polar surface area (TPSA) is 56.7 Å². The first-order valence-electron chi connectivity index (χ1n) is 6.20. The van der Waals surface area contributed by atoms with E-state index in [4.69, 9.17) is 5.73 Å². The van der Waals surface area contributed by atoms with Gasteiger partial charge < -0.3 is 5.73 Å². The molecule has 0 atom stereocenters. The number of nitrogens with zero attached hydrogens (tertiary/aromatic N) is 3. The Morgan fingerprint density at radius 2 is 1.70 bits per heavy atom. The van der Waals surface area contributed by atoms with Crippen molar-refractivity contribution in [2.45, 2.75) is 6.54 Å². The van der Waals surface area contributed by atoms with Gasteiger partial charge in [0.15, 0.2) is 5.82 Å². The molecule has 5 heteroatoms. The van der Waals surface area contributed by atoms with Crippen LogP contribution in [0.4, 0.5) is 10.1 Å². The molecule has 3 rings (SSSR count). The molecular formula is C15H13FN4. The number of nitrogens with two attached hydrogens (primary N) is 1. The van der Waals surface area contributed by atoms with Gasteiger partial charge in [0.05, 0.1) is 6.54 Å². The fraction of sp³-hybridized carbons (Fsp3) is 0.0667. The molecule has 0 bridgehead atoms.